The van der Waals surface area contributed by atoms with Crippen LogP contribution in [0.15, 0.2) is 0 Å². The Hall–Kier alpha value is -0.570. The molecule has 1 fully saturated rings. The van der Waals surface area contributed by atoms with Crippen LogP contribution in [0, 0.1) is 5.92 Å². The quantitative estimate of drug-likeness (QED) is 0.461. The van der Waals surface area contributed by atoms with E-state index in [1.807, 2.05) is 6.92 Å². The van der Waals surface area contributed by atoms with Crippen LogP contribution in [0.2, 0.25) is 0 Å². The zero-order chi connectivity index (χ0) is 10.6. The van der Waals surface area contributed by atoms with Gasteiger partial charge in [-0.25, -0.2) is 0 Å². The summed E-state index contributed by atoms with van der Waals surface area (Å²) in [6.07, 6.45) is 2.28. The number of hydrogen-bond donors (Lipinski definition) is 0. The molecule has 0 aromatic heterocycles. The SMILES string of the molecule is CCC(CCN1CC1C)C(C)OC=O. The van der Waals surface area contributed by atoms with E-state index in [1.54, 1.807) is 0 Å². The maximum atomic E-state index is 10.2. The zero-order valence-corrected chi connectivity index (χ0v) is 9.40. The molecule has 1 rings (SSSR count). The van der Waals surface area contributed by atoms with Crippen molar-refractivity contribution in [1.29, 1.82) is 0 Å². The van der Waals surface area contributed by atoms with Crippen LogP contribution in [-0.2, 0) is 9.53 Å². The second kappa shape index (κ2) is 5.35. The van der Waals surface area contributed by atoms with Crippen LogP contribution in [0.5, 0.6) is 0 Å². The molecule has 3 nitrogen and oxygen atoms in total. The molecule has 0 N–H and O–H groups in total. The molecule has 3 heteroatoms. The topological polar surface area (TPSA) is 29.3 Å². The van der Waals surface area contributed by atoms with Gasteiger partial charge in [0.2, 0.25) is 0 Å². The monoisotopic (exact) mass is 199 g/mol. The molecule has 82 valence electrons. The normalized spacial score (nSPS) is 29.4. The average Bonchev–Trinajstić information content (AvgIpc) is 2.83. The van der Waals surface area contributed by atoms with Crippen molar-refractivity contribution in [2.45, 2.75) is 45.8 Å². The van der Waals surface area contributed by atoms with Gasteiger partial charge >= 0.3 is 0 Å². The van der Waals surface area contributed by atoms with Gasteiger partial charge in [0.25, 0.3) is 6.47 Å². The van der Waals surface area contributed by atoms with Crippen LogP contribution in [0.1, 0.15) is 33.6 Å². The average molecular weight is 199 g/mol. The Morgan fingerprint density at radius 3 is 2.71 bits per heavy atom. The van der Waals surface area contributed by atoms with Crippen molar-refractivity contribution in [1.82, 2.24) is 4.90 Å². The lowest BCUT2D eigenvalue weighted by atomic mass is 9.97. The number of rotatable bonds is 7. The van der Waals surface area contributed by atoms with Crippen LogP contribution in [-0.4, -0.2) is 36.6 Å². The third kappa shape index (κ3) is 3.29. The summed E-state index contributed by atoms with van der Waals surface area (Å²) in [4.78, 5) is 12.6. The molecule has 1 saturated heterocycles. The first kappa shape index (κ1) is 11.5. The van der Waals surface area contributed by atoms with Crippen molar-refractivity contribution in [2.24, 2.45) is 5.92 Å². The minimum Gasteiger partial charge on any atom is -0.465 e. The molecule has 1 heterocycles. The van der Waals surface area contributed by atoms with Crippen molar-refractivity contribution in [3.63, 3.8) is 0 Å². The highest BCUT2D eigenvalue weighted by atomic mass is 16.5. The van der Waals surface area contributed by atoms with E-state index in [1.165, 1.54) is 6.54 Å². The van der Waals surface area contributed by atoms with Gasteiger partial charge < -0.3 is 4.74 Å². The number of carbonyl (C=O) groups excluding carboxylic acids is 1. The molecule has 0 aliphatic carbocycles. The van der Waals surface area contributed by atoms with Gasteiger partial charge in [-0.05, 0) is 39.2 Å². The summed E-state index contributed by atoms with van der Waals surface area (Å²) in [6, 6.07) is 0.773. The standard InChI is InChI=1S/C11H21NO2/c1-4-11(10(3)14-8-13)5-6-12-7-9(12)2/h8-11H,4-7H2,1-3H3. The second-order valence-corrected chi connectivity index (χ2v) is 4.24. The van der Waals surface area contributed by atoms with E-state index in [0.29, 0.717) is 12.4 Å². The molecule has 0 bridgehead atoms. The fraction of sp³-hybridized carbons (Fsp3) is 0.909. The Kier molecular flexibility index (Phi) is 4.39. The summed E-state index contributed by atoms with van der Waals surface area (Å²) in [5.74, 6) is 0.507. The van der Waals surface area contributed by atoms with Gasteiger partial charge in [-0.3, -0.25) is 9.69 Å². The first-order chi connectivity index (χ1) is 6.69. The molecule has 0 radical (unpaired) electrons. The predicted molar refractivity (Wildman–Crippen MR) is 56.0 cm³/mol. The van der Waals surface area contributed by atoms with E-state index < -0.39 is 0 Å². The largest absolute Gasteiger partial charge is 0.465 e. The summed E-state index contributed by atoms with van der Waals surface area (Å²) in [5, 5.41) is 0. The third-order valence-electron chi connectivity index (χ3n) is 3.23. The highest BCUT2D eigenvalue weighted by Crippen LogP contribution is 2.21. The van der Waals surface area contributed by atoms with E-state index in [4.69, 9.17) is 4.74 Å². The fourth-order valence-corrected chi connectivity index (χ4v) is 1.91. The molecule has 0 aromatic carbocycles. The number of ether oxygens (including phenoxy) is 1. The molecule has 0 aromatic rings. The Bertz CT molecular complexity index is 184. The molecular weight excluding hydrogens is 178 g/mol. The van der Waals surface area contributed by atoms with Crippen molar-refractivity contribution in [3.8, 4) is 0 Å². The summed E-state index contributed by atoms with van der Waals surface area (Å²) in [6.45, 7) is 9.32. The minimum absolute atomic E-state index is 0.0627. The predicted octanol–water partition coefficient (Wildman–Crippen LogP) is 1.67. The molecule has 1 aliphatic rings. The second-order valence-electron chi connectivity index (χ2n) is 4.24. The minimum atomic E-state index is 0.0627. The van der Waals surface area contributed by atoms with Gasteiger partial charge in [0.1, 0.15) is 6.10 Å². The Labute approximate surface area is 86.4 Å². The van der Waals surface area contributed by atoms with Crippen LogP contribution in [0.4, 0.5) is 0 Å². The van der Waals surface area contributed by atoms with Gasteiger partial charge in [-0.15, -0.1) is 0 Å². The maximum absolute atomic E-state index is 10.2. The molecule has 4 unspecified atom stereocenters. The number of carbonyl (C=O) groups is 1. The van der Waals surface area contributed by atoms with Crippen molar-refractivity contribution < 1.29 is 9.53 Å². The van der Waals surface area contributed by atoms with Crippen LogP contribution < -0.4 is 0 Å². The van der Waals surface area contributed by atoms with Crippen LogP contribution in [0.3, 0.4) is 0 Å². The highest BCUT2D eigenvalue weighted by Gasteiger charge is 2.29. The van der Waals surface area contributed by atoms with E-state index in [-0.39, 0.29) is 6.10 Å². The Balaban J connectivity index is 2.19. The van der Waals surface area contributed by atoms with E-state index in [9.17, 15) is 4.79 Å². The van der Waals surface area contributed by atoms with E-state index in [0.717, 1.165) is 25.4 Å². The Morgan fingerprint density at radius 2 is 2.29 bits per heavy atom. The summed E-state index contributed by atoms with van der Waals surface area (Å²) >= 11 is 0. The molecule has 0 spiro atoms. The molecule has 0 amide bonds. The number of hydrogen-bond acceptors (Lipinski definition) is 3. The number of nitrogens with zero attached hydrogens (tertiary/aromatic N) is 1. The zero-order valence-electron chi connectivity index (χ0n) is 9.40. The van der Waals surface area contributed by atoms with Crippen LogP contribution in [0.25, 0.3) is 0 Å². The molecule has 4 atom stereocenters. The first-order valence-corrected chi connectivity index (χ1v) is 5.52. The van der Waals surface area contributed by atoms with Gasteiger partial charge in [-0.2, -0.15) is 0 Å². The van der Waals surface area contributed by atoms with Crippen molar-refractivity contribution >= 4 is 6.47 Å². The maximum Gasteiger partial charge on any atom is 0.293 e. The highest BCUT2D eigenvalue weighted by molar-refractivity contribution is 5.37. The molecule has 14 heavy (non-hydrogen) atoms. The van der Waals surface area contributed by atoms with E-state index in [2.05, 4.69) is 18.7 Å². The lowest BCUT2D eigenvalue weighted by Crippen LogP contribution is -2.22. The molecule has 0 saturated carbocycles. The summed E-state index contributed by atoms with van der Waals surface area (Å²) in [7, 11) is 0. The van der Waals surface area contributed by atoms with E-state index >= 15 is 0 Å². The van der Waals surface area contributed by atoms with Gasteiger partial charge in [0, 0.05) is 12.6 Å². The van der Waals surface area contributed by atoms with Gasteiger partial charge in [-0.1, -0.05) is 6.92 Å². The van der Waals surface area contributed by atoms with Crippen LogP contribution >= 0.6 is 0 Å². The summed E-state index contributed by atoms with van der Waals surface area (Å²) in [5.41, 5.74) is 0. The lowest BCUT2D eigenvalue weighted by Gasteiger charge is -2.21. The van der Waals surface area contributed by atoms with Crippen molar-refractivity contribution in [3.05, 3.63) is 0 Å². The third-order valence-corrected chi connectivity index (χ3v) is 3.23. The smallest absolute Gasteiger partial charge is 0.293 e. The van der Waals surface area contributed by atoms with Gasteiger partial charge in [0.15, 0.2) is 0 Å². The Morgan fingerprint density at radius 1 is 1.64 bits per heavy atom. The lowest BCUT2D eigenvalue weighted by molar-refractivity contribution is -0.135. The molecule has 1 aliphatic heterocycles. The fourth-order valence-electron chi connectivity index (χ4n) is 1.91. The molecular formula is C11H21NO2. The van der Waals surface area contributed by atoms with Gasteiger partial charge in [0.05, 0.1) is 0 Å². The first-order valence-electron chi connectivity index (χ1n) is 5.52. The summed E-state index contributed by atoms with van der Waals surface area (Å²) < 4.78 is 4.98. The van der Waals surface area contributed by atoms with Crippen molar-refractivity contribution in [2.75, 3.05) is 13.1 Å².